The van der Waals surface area contributed by atoms with Gasteiger partial charge < -0.3 is 10.2 Å². The lowest BCUT2D eigenvalue weighted by atomic mass is 9.87. The van der Waals surface area contributed by atoms with Gasteiger partial charge >= 0.3 is 0 Å². The van der Waals surface area contributed by atoms with Crippen LogP contribution in [0.1, 0.15) is 50.3 Å². The van der Waals surface area contributed by atoms with E-state index >= 15 is 0 Å². The molecule has 0 saturated carbocycles. The molecule has 2 rings (SSSR count). The summed E-state index contributed by atoms with van der Waals surface area (Å²) < 4.78 is 0. The van der Waals surface area contributed by atoms with E-state index in [4.69, 9.17) is 0 Å². The molecule has 21 heavy (non-hydrogen) atoms. The van der Waals surface area contributed by atoms with Crippen LogP contribution in [0.5, 0.6) is 0 Å². The summed E-state index contributed by atoms with van der Waals surface area (Å²) >= 11 is 0. The van der Waals surface area contributed by atoms with Crippen LogP contribution >= 0.6 is 0 Å². The fourth-order valence-electron chi connectivity index (χ4n) is 3.19. The molecule has 0 bridgehead atoms. The molecule has 0 heterocycles. The molecule has 2 heteroatoms. The average Bonchev–Trinajstić information content (AvgIpc) is 2.90. The average molecular weight is 288 g/mol. The third-order valence-electron chi connectivity index (χ3n) is 5.25. The van der Waals surface area contributed by atoms with Crippen LogP contribution in [0.2, 0.25) is 0 Å². The van der Waals surface area contributed by atoms with Crippen molar-refractivity contribution in [3.63, 3.8) is 0 Å². The summed E-state index contributed by atoms with van der Waals surface area (Å²) in [6, 6.07) is 7.63. The van der Waals surface area contributed by atoms with Gasteiger partial charge in [-0.1, -0.05) is 25.1 Å². The predicted octanol–water partition coefficient (Wildman–Crippen LogP) is 3.43. The Morgan fingerprint density at radius 2 is 1.90 bits per heavy atom. The fourth-order valence-corrected chi connectivity index (χ4v) is 3.19. The predicted molar refractivity (Wildman–Crippen MR) is 92.0 cm³/mol. The molecule has 118 valence electrons. The van der Waals surface area contributed by atoms with Crippen molar-refractivity contribution in [1.82, 2.24) is 10.2 Å². The topological polar surface area (TPSA) is 15.3 Å². The highest BCUT2D eigenvalue weighted by Gasteiger charge is 2.31. The van der Waals surface area contributed by atoms with Crippen molar-refractivity contribution in [2.75, 3.05) is 20.6 Å². The Labute approximate surface area is 130 Å². The van der Waals surface area contributed by atoms with E-state index < -0.39 is 0 Å². The van der Waals surface area contributed by atoms with Gasteiger partial charge in [-0.3, -0.25) is 0 Å². The highest BCUT2D eigenvalue weighted by Crippen LogP contribution is 2.25. The van der Waals surface area contributed by atoms with Crippen molar-refractivity contribution in [3.05, 3.63) is 34.9 Å². The van der Waals surface area contributed by atoms with Crippen molar-refractivity contribution in [2.45, 2.75) is 64.5 Å². The molecule has 1 aromatic rings. The molecule has 0 aromatic heterocycles. The molecule has 0 spiro atoms. The van der Waals surface area contributed by atoms with Gasteiger partial charge in [-0.05, 0) is 83.3 Å². The SMILES string of the molecule is CCCNC(Cc1ccc2c(c1)CCC2)C(C)(C)N(C)C. The van der Waals surface area contributed by atoms with Crippen LogP contribution in [0.4, 0.5) is 0 Å². The summed E-state index contributed by atoms with van der Waals surface area (Å²) in [5.41, 5.74) is 4.79. The van der Waals surface area contributed by atoms with Crippen LogP contribution in [0.25, 0.3) is 0 Å². The molecular weight excluding hydrogens is 256 g/mol. The van der Waals surface area contributed by atoms with E-state index in [0.29, 0.717) is 6.04 Å². The van der Waals surface area contributed by atoms with Gasteiger partial charge in [0.25, 0.3) is 0 Å². The van der Waals surface area contributed by atoms with E-state index in [1.165, 1.54) is 31.2 Å². The minimum absolute atomic E-state index is 0.147. The lowest BCUT2D eigenvalue weighted by Crippen LogP contribution is -2.56. The third-order valence-corrected chi connectivity index (χ3v) is 5.25. The summed E-state index contributed by atoms with van der Waals surface area (Å²) in [4.78, 5) is 2.34. The van der Waals surface area contributed by atoms with Crippen molar-refractivity contribution < 1.29 is 0 Å². The van der Waals surface area contributed by atoms with E-state index in [1.807, 2.05) is 0 Å². The molecule has 1 aliphatic carbocycles. The highest BCUT2D eigenvalue weighted by molar-refractivity contribution is 5.35. The van der Waals surface area contributed by atoms with Gasteiger partial charge in [-0.25, -0.2) is 0 Å². The molecule has 0 radical (unpaired) electrons. The van der Waals surface area contributed by atoms with Gasteiger partial charge in [-0.2, -0.15) is 0 Å². The van der Waals surface area contributed by atoms with Crippen molar-refractivity contribution in [2.24, 2.45) is 0 Å². The second-order valence-electron chi connectivity index (χ2n) is 7.22. The van der Waals surface area contributed by atoms with Crippen LogP contribution in [-0.2, 0) is 19.3 Å². The molecule has 0 aliphatic heterocycles. The smallest absolute Gasteiger partial charge is 0.0303 e. The molecule has 1 unspecified atom stereocenters. The van der Waals surface area contributed by atoms with E-state index in [-0.39, 0.29) is 5.54 Å². The van der Waals surface area contributed by atoms with Gasteiger partial charge in [-0.15, -0.1) is 0 Å². The minimum atomic E-state index is 0.147. The van der Waals surface area contributed by atoms with Crippen LogP contribution < -0.4 is 5.32 Å². The maximum Gasteiger partial charge on any atom is 0.0303 e. The Kier molecular flexibility index (Phi) is 5.45. The number of benzene rings is 1. The summed E-state index contributed by atoms with van der Waals surface area (Å²) in [5.74, 6) is 0. The molecule has 1 aromatic carbocycles. The largest absolute Gasteiger partial charge is 0.312 e. The molecule has 0 fully saturated rings. The lowest BCUT2D eigenvalue weighted by Gasteiger charge is -2.41. The second kappa shape index (κ2) is 6.93. The Balaban J connectivity index is 2.14. The van der Waals surface area contributed by atoms with Gasteiger partial charge in [0.2, 0.25) is 0 Å². The first-order valence-corrected chi connectivity index (χ1v) is 8.46. The highest BCUT2D eigenvalue weighted by atomic mass is 15.2. The zero-order valence-corrected chi connectivity index (χ0v) is 14.5. The van der Waals surface area contributed by atoms with Crippen LogP contribution in [0, 0.1) is 0 Å². The summed E-state index contributed by atoms with van der Waals surface area (Å²) in [6.45, 7) is 8.01. The van der Waals surface area contributed by atoms with E-state index in [2.05, 4.69) is 63.3 Å². The van der Waals surface area contributed by atoms with Gasteiger partial charge in [0.15, 0.2) is 0 Å². The molecule has 0 amide bonds. The summed E-state index contributed by atoms with van der Waals surface area (Å²) in [7, 11) is 4.37. The first kappa shape index (κ1) is 16.5. The molecule has 1 atom stereocenters. The zero-order chi connectivity index (χ0) is 15.5. The van der Waals surface area contributed by atoms with Crippen LogP contribution in [0.3, 0.4) is 0 Å². The van der Waals surface area contributed by atoms with E-state index in [0.717, 1.165) is 13.0 Å². The lowest BCUT2D eigenvalue weighted by molar-refractivity contribution is 0.137. The minimum Gasteiger partial charge on any atom is -0.312 e. The molecular formula is C19H32N2. The number of nitrogens with zero attached hydrogens (tertiary/aromatic N) is 1. The Morgan fingerprint density at radius 3 is 2.57 bits per heavy atom. The first-order valence-electron chi connectivity index (χ1n) is 8.46. The van der Waals surface area contributed by atoms with Crippen LogP contribution in [0.15, 0.2) is 18.2 Å². The number of likely N-dealkylation sites (N-methyl/N-ethyl adjacent to an activating group) is 1. The first-order chi connectivity index (χ1) is 9.95. The zero-order valence-electron chi connectivity index (χ0n) is 14.5. The van der Waals surface area contributed by atoms with E-state index in [9.17, 15) is 0 Å². The molecule has 2 nitrogen and oxygen atoms in total. The van der Waals surface area contributed by atoms with Crippen LogP contribution in [-0.4, -0.2) is 37.1 Å². The fraction of sp³-hybridized carbons (Fsp3) is 0.684. The third kappa shape index (κ3) is 3.87. The molecule has 1 N–H and O–H groups in total. The molecule has 0 saturated heterocycles. The number of rotatable bonds is 7. The number of hydrogen-bond donors (Lipinski definition) is 1. The summed E-state index contributed by atoms with van der Waals surface area (Å²) in [6.07, 6.45) is 6.17. The Bertz CT molecular complexity index is 463. The number of nitrogens with one attached hydrogen (secondary N) is 1. The van der Waals surface area contributed by atoms with Crippen molar-refractivity contribution in [3.8, 4) is 0 Å². The van der Waals surface area contributed by atoms with E-state index in [1.54, 1.807) is 11.1 Å². The normalized spacial score (nSPS) is 16.3. The Hall–Kier alpha value is -0.860. The maximum absolute atomic E-state index is 3.77. The monoisotopic (exact) mass is 288 g/mol. The van der Waals surface area contributed by atoms with Gasteiger partial charge in [0, 0.05) is 11.6 Å². The Morgan fingerprint density at radius 1 is 1.19 bits per heavy atom. The quantitative estimate of drug-likeness (QED) is 0.827. The van der Waals surface area contributed by atoms with Crippen molar-refractivity contribution >= 4 is 0 Å². The number of hydrogen-bond acceptors (Lipinski definition) is 2. The standard InChI is InChI=1S/C19H32N2/c1-6-12-20-18(19(2,3)21(4)5)14-15-10-11-16-8-7-9-17(16)13-15/h10-11,13,18,20H,6-9,12,14H2,1-5H3. The van der Waals surface area contributed by atoms with Gasteiger partial charge in [0.05, 0.1) is 0 Å². The maximum atomic E-state index is 3.77. The number of aryl methyl sites for hydroxylation is 2. The van der Waals surface area contributed by atoms with Crippen molar-refractivity contribution in [1.29, 1.82) is 0 Å². The van der Waals surface area contributed by atoms with Gasteiger partial charge in [0.1, 0.15) is 0 Å². The molecule has 1 aliphatic rings. The summed E-state index contributed by atoms with van der Waals surface area (Å²) in [5, 5.41) is 3.77. The second-order valence-corrected chi connectivity index (χ2v) is 7.22. The number of fused-ring (bicyclic) bond motifs is 1.